The van der Waals surface area contributed by atoms with E-state index in [0.717, 1.165) is 31.3 Å². The van der Waals surface area contributed by atoms with Crippen molar-refractivity contribution in [2.24, 2.45) is 23.2 Å². The van der Waals surface area contributed by atoms with Crippen LogP contribution in [-0.2, 0) is 28.2 Å². The third kappa shape index (κ3) is 10.3. The lowest BCUT2D eigenvalue weighted by Gasteiger charge is -2.25. The van der Waals surface area contributed by atoms with Gasteiger partial charge in [0.15, 0.2) is 0 Å². The van der Waals surface area contributed by atoms with Crippen molar-refractivity contribution in [3.8, 4) is 5.75 Å². The number of carbonyl (C=O) groups is 2. The molecule has 1 aliphatic rings. The van der Waals surface area contributed by atoms with Crippen molar-refractivity contribution in [2.75, 3.05) is 31.7 Å². The van der Waals surface area contributed by atoms with E-state index < -0.39 is 36.6 Å². The zero-order chi connectivity index (χ0) is 32.3. The Morgan fingerprint density at radius 3 is 2.34 bits per heavy atom. The normalized spacial score (nSPS) is 19.0. The number of hydrogen-bond donors (Lipinski definition) is 1. The molecule has 0 aliphatic heterocycles. The Balaban J connectivity index is 1.81. The molecule has 3 rings (SSSR count). The first-order valence-corrected chi connectivity index (χ1v) is 17.0. The molecule has 2 N–H and O–H groups in total. The van der Waals surface area contributed by atoms with E-state index in [2.05, 4.69) is 18.8 Å². The van der Waals surface area contributed by atoms with Crippen LogP contribution in [0.25, 0.3) is 6.20 Å². The standard InChI is InChI=1S/C32H46N3O8P/c1-6-11-25(12-7-2)19-40-30(37)24(5)20-44(39,43-27-13-9-8-10-14-27)42-22-32(21-41-29(36)23(3)4)17-26(32)18-35-16-15-28(33)34-31(35)38/h8-10,13-16,18,23-25H,6-7,11-12,17,19-22H2,1-5H3,(H2,33,34,38)/b26-18-/t24-,32?,44+/m1/s1. The summed E-state index contributed by atoms with van der Waals surface area (Å²) in [5.74, 6) is -1.28. The van der Waals surface area contributed by atoms with Crippen LogP contribution in [0.15, 0.2) is 53.0 Å². The van der Waals surface area contributed by atoms with Crippen molar-refractivity contribution in [1.29, 1.82) is 0 Å². The summed E-state index contributed by atoms with van der Waals surface area (Å²) >= 11 is 0. The van der Waals surface area contributed by atoms with Crippen molar-refractivity contribution in [2.45, 2.75) is 66.7 Å². The van der Waals surface area contributed by atoms with Crippen LogP contribution in [0.4, 0.5) is 5.82 Å². The quantitative estimate of drug-likeness (QED) is 0.155. The van der Waals surface area contributed by atoms with Crippen LogP contribution in [0.1, 0.15) is 66.7 Å². The van der Waals surface area contributed by atoms with Gasteiger partial charge in [0.05, 0.1) is 36.6 Å². The molecule has 1 unspecified atom stereocenters. The summed E-state index contributed by atoms with van der Waals surface area (Å²) in [5, 5.41) is 0. The van der Waals surface area contributed by atoms with Crippen molar-refractivity contribution in [3.63, 3.8) is 0 Å². The molecule has 0 spiro atoms. The number of nitrogens with two attached hydrogens (primary N) is 1. The molecular formula is C32H46N3O8P. The second-order valence-corrected chi connectivity index (χ2v) is 13.9. The molecule has 44 heavy (non-hydrogen) atoms. The Morgan fingerprint density at radius 2 is 1.73 bits per heavy atom. The van der Waals surface area contributed by atoms with Crippen LogP contribution in [-0.4, -0.2) is 47.5 Å². The fourth-order valence-electron chi connectivity index (χ4n) is 4.76. The number of ether oxygens (including phenoxy) is 2. The monoisotopic (exact) mass is 631 g/mol. The van der Waals surface area contributed by atoms with Crippen LogP contribution in [0.3, 0.4) is 0 Å². The van der Waals surface area contributed by atoms with Gasteiger partial charge in [0, 0.05) is 12.4 Å². The number of anilines is 1. The van der Waals surface area contributed by atoms with Gasteiger partial charge >= 0.3 is 25.2 Å². The molecule has 12 heteroatoms. The highest BCUT2D eigenvalue weighted by atomic mass is 31.2. The molecule has 0 saturated heterocycles. The van der Waals surface area contributed by atoms with E-state index in [1.807, 2.05) is 0 Å². The third-order valence-electron chi connectivity index (χ3n) is 7.47. The molecule has 242 valence electrons. The fraction of sp³-hybridized carbons (Fsp3) is 0.562. The van der Waals surface area contributed by atoms with Crippen LogP contribution >= 0.6 is 7.60 Å². The van der Waals surface area contributed by atoms with E-state index in [4.69, 9.17) is 24.3 Å². The summed E-state index contributed by atoms with van der Waals surface area (Å²) in [6.07, 6.45) is 7.21. The number of esters is 2. The van der Waals surface area contributed by atoms with Gasteiger partial charge in [-0.2, -0.15) is 4.98 Å². The zero-order valence-corrected chi connectivity index (χ0v) is 27.3. The second kappa shape index (κ2) is 16.0. The number of aromatic nitrogens is 2. The smallest absolute Gasteiger partial charge is 0.380 e. The number of para-hydroxylation sites is 1. The van der Waals surface area contributed by atoms with Crippen LogP contribution in [0.2, 0.25) is 0 Å². The molecule has 1 aromatic carbocycles. The van der Waals surface area contributed by atoms with Gasteiger partial charge in [-0.25, -0.2) is 9.36 Å². The molecule has 1 saturated carbocycles. The second-order valence-electron chi connectivity index (χ2n) is 11.9. The van der Waals surface area contributed by atoms with Gasteiger partial charge in [0.1, 0.15) is 18.2 Å². The van der Waals surface area contributed by atoms with Crippen LogP contribution in [0.5, 0.6) is 5.75 Å². The highest BCUT2D eigenvalue weighted by molar-refractivity contribution is 7.54. The average Bonchev–Trinajstić information content (AvgIpc) is 3.67. The van der Waals surface area contributed by atoms with Gasteiger partial charge in [-0.1, -0.05) is 65.7 Å². The first kappa shape index (κ1) is 35.1. The molecule has 2 aromatic rings. The Labute approximate surface area is 259 Å². The van der Waals surface area contributed by atoms with Crippen LogP contribution < -0.4 is 15.9 Å². The SMILES string of the molecule is CCCC(CCC)COC(=O)[C@H](C)C[P@](=O)(OCC1(COC(=O)C(C)C)C/C1=C/n1ccc(N)nc1=O)Oc1ccccc1. The van der Waals surface area contributed by atoms with Gasteiger partial charge in [0.2, 0.25) is 0 Å². The van der Waals surface area contributed by atoms with Gasteiger partial charge in [-0.05, 0) is 49.0 Å². The molecular weight excluding hydrogens is 585 g/mol. The number of nitrogens with zero attached hydrogens (tertiary/aromatic N) is 2. The molecule has 1 fully saturated rings. The summed E-state index contributed by atoms with van der Waals surface area (Å²) in [7, 11) is -3.94. The largest absolute Gasteiger partial charge is 0.465 e. The Hall–Kier alpha value is -3.43. The molecule has 1 aliphatic carbocycles. The minimum absolute atomic E-state index is 0.0494. The average molecular weight is 632 g/mol. The number of nitrogen functional groups attached to an aromatic ring is 1. The topological polar surface area (TPSA) is 149 Å². The maximum Gasteiger partial charge on any atom is 0.380 e. The fourth-order valence-corrected chi connectivity index (χ4v) is 6.70. The van der Waals surface area contributed by atoms with E-state index >= 15 is 0 Å². The number of rotatable bonds is 18. The van der Waals surface area contributed by atoms with Crippen LogP contribution in [0, 0.1) is 23.2 Å². The highest BCUT2D eigenvalue weighted by Gasteiger charge is 2.52. The van der Waals surface area contributed by atoms with E-state index in [9.17, 15) is 18.9 Å². The molecule has 0 amide bonds. The van der Waals surface area contributed by atoms with E-state index in [1.165, 1.54) is 16.8 Å². The van der Waals surface area contributed by atoms with Gasteiger partial charge in [0.25, 0.3) is 0 Å². The van der Waals surface area contributed by atoms with Gasteiger partial charge < -0.3 is 19.7 Å². The highest BCUT2D eigenvalue weighted by Crippen LogP contribution is 2.58. The van der Waals surface area contributed by atoms with Crippen molar-refractivity contribution in [1.82, 2.24) is 9.55 Å². The third-order valence-corrected chi connectivity index (χ3v) is 9.48. The van der Waals surface area contributed by atoms with Crippen molar-refractivity contribution in [3.05, 3.63) is 58.7 Å². The lowest BCUT2D eigenvalue weighted by atomic mass is 9.99. The molecule has 3 atom stereocenters. The summed E-state index contributed by atoms with van der Waals surface area (Å²) in [5.41, 5.74) is 4.94. The minimum Gasteiger partial charge on any atom is -0.465 e. The molecule has 0 radical (unpaired) electrons. The lowest BCUT2D eigenvalue weighted by Crippen LogP contribution is -2.26. The Bertz CT molecular complexity index is 1390. The predicted octanol–water partition coefficient (Wildman–Crippen LogP) is 5.94. The first-order chi connectivity index (χ1) is 20.9. The molecule has 11 nitrogen and oxygen atoms in total. The molecule has 1 aromatic heterocycles. The number of hydrogen-bond acceptors (Lipinski definition) is 10. The molecule has 1 heterocycles. The van der Waals surface area contributed by atoms with Crippen molar-refractivity contribution < 1.29 is 32.7 Å². The lowest BCUT2D eigenvalue weighted by molar-refractivity contribution is -0.150. The minimum atomic E-state index is -3.94. The van der Waals surface area contributed by atoms with E-state index in [1.54, 1.807) is 57.3 Å². The summed E-state index contributed by atoms with van der Waals surface area (Å²) in [6, 6.07) is 10.1. The maximum absolute atomic E-state index is 14.3. The number of benzene rings is 1. The predicted molar refractivity (Wildman–Crippen MR) is 169 cm³/mol. The Morgan fingerprint density at radius 1 is 1.05 bits per heavy atom. The first-order valence-electron chi connectivity index (χ1n) is 15.3. The summed E-state index contributed by atoms with van der Waals surface area (Å²) < 4.78 is 38.7. The molecule has 0 bridgehead atoms. The number of carbonyl (C=O) groups excluding carboxylic acids is 2. The summed E-state index contributed by atoms with van der Waals surface area (Å²) in [6.45, 7) is 9.42. The van der Waals surface area contributed by atoms with E-state index in [-0.39, 0.29) is 37.0 Å². The van der Waals surface area contributed by atoms with E-state index in [0.29, 0.717) is 18.8 Å². The van der Waals surface area contributed by atoms with Gasteiger partial charge in [-0.15, -0.1) is 0 Å². The maximum atomic E-state index is 14.3. The van der Waals surface area contributed by atoms with Crippen molar-refractivity contribution >= 4 is 31.6 Å². The Kier molecular flexibility index (Phi) is 12.8. The summed E-state index contributed by atoms with van der Waals surface area (Å²) in [4.78, 5) is 41.4. The zero-order valence-electron chi connectivity index (χ0n) is 26.4. The van der Waals surface area contributed by atoms with Gasteiger partial charge in [-0.3, -0.25) is 18.7 Å².